The minimum Gasteiger partial charge on any atom is -0.308 e. The van der Waals surface area contributed by atoms with Gasteiger partial charge in [0.15, 0.2) is 5.78 Å². The van der Waals surface area contributed by atoms with Crippen molar-refractivity contribution < 1.29 is 4.79 Å². The molecule has 1 rings (SSSR count). The van der Waals surface area contributed by atoms with E-state index in [-0.39, 0.29) is 5.78 Å². The van der Waals surface area contributed by atoms with Crippen LogP contribution in [0.3, 0.4) is 0 Å². The van der Waals surface area contributed by atoms with Gasteiger partial charge in [-0.05, 0) is 33.0 Å². The maximum absolute atomic E-state index is 12.0. The number of rotatable bonds is 3. The molecule has 0 unspecified atom stereocenters. The molecule has 0 spiro atoms. The van der Waals surface area contributed by atoms with E-state index < -0.39 is 5.54 Å². The Hall–Kier alpha value is -0.860. The topological polar surface area (TPSA) is 29.1 Å². The van der Waals surface area contributed by atoms with Gasteiger partial charge < -0.3 is 5.32 Å². The average molecular weight is 212 g/mol. The van der Waals surface area contributed by atoms with Crippen LogP contribution in [0.1, 0.15) is 24.2 Å². The number of nitrogens with one attached hydrogen (secondary N) is 1. The minimum atomic E-state index is -0.578. The fourth-order valence-corrected chi connectivity index (χ4v) is 1.32. The van der Waals surface area contributed by atoms with E-state index in [1.807, 2.05) is 26.0 Å². The first kappa shape index (κ1) is 11.2. The van der Waals surface area contributed by atoms with Gasteiger partial charge in [0.25, 0.3) is 0 Å². The first-order chi connectivity index (χ1) is 6.49. The third kappa shape index (κ3) is 2.14. The number of Topliss-reactive ketones (excluding diaryl/α,β-unsaturated/α-hetero) is 1. The van der Waals surface area contributed by atoms with Crippen molar-refractivity contribution in [2.45, 2.75) is 19.4 Å². The predicted octanol–water partition coefficient (Wildman–Crippen LogP) is 2.52. The Morgan fingerprint density at radius 1 is 1.36 bits per heavy atom. The Kier molecular flexibility index (Phi) is 3.29. The van der Waals surface area contributed by atoms with E-state index in [1.165, 1.54) is 0 Å². The van der Waals surface area contributed by atoms with Gasteiger partial charge in [-0.25, -0.2) is 0 Å². The van der Waals surface area contributed by atoms with Gasteiger partial charge in [-0.3, -0.25) is 4.79 Å². The maximum atomic E-state index is 12.0. The number of carbonyl (C=O) groups is 1. The molecule has 0 bridgehead atoms. The van der Waals surface area contributed by atoms with Crippen LogP contribution in [0, 0.1) is 0 Å². The predicted molar refractivity (Wildman–Crippen MR) is 58.9 cm³/mol. The molecule has 2 nitrogen and oxygen atoms in total. The van der Waals surface area contributed by atoms with Gasteiger partial charge in [0.05, 0.1) is 10.6 Å². The quantitative estimate of drug-likeness (QED) is 0.779. The molecule has 0 radical (unpaired) electrons. The molecule has 1 aromatic carbocycles. The third-order valence-corrected chi connectivity index (χ3v) is 2.64. The van der Waals surface area contributed by atoms with Crippen LogP contribution in [0.4, 0.5) is 0 Å². The zero-order valence-corrected chi connectivity index (χ0v) is 9.35. The van der Waals surface area contributed by atoms with Crippen LogP contribution < -0.4 is 5.32 Å². The molecule has 1 N–H and O–H groups in total. The smallest absolute Gasteiger partial charge is 0.183 e. The van der Waals surface area contributed by atoms with Crippen LogP contribution >= 0.6 is 11.6 Å². The molecule has 0 saturated heterocycles. The third-order valence-electron chi connectivity index (χ3n) is 2.31. The highest BCUT2D eigenvalue weighted by Crippen LogP contribution is 2.20. The van der Waals surface area contributed by atoms with Gasteiger partial charge in [0.2, 0.25) is 0 Å². The lowest BCUT2D eigenvalue weighted by molar-refractivity contribution is 0.0890. The van der Waals surface area contributed by atoms with E-state index in [4.69, 9.17) is 11.6 Å². The first-order valence-electron chi connectivity index (χ1n) is 4.47. The van der Waals surface area contributed by atoms with Crippen molar-refractivity contribution >= 4 is 17.4 Å². The van der Waals surface area contributed by atoms with Crippen LogP contribution in [0.15, 0.2) is 24.3 Å². The highest BCUT2D eigenvalue weighted by Gasteiger charge is 2.27. The molecule has 3 heteroatoms. The molecule has 0 fully saturated rings. The van der Waals surface area contributed by atoms with Gasteiger partial charge in [0.1, 0.15) is 0 Å². The Morgan fingerprint density at radius 2 is 1.93 bits per heavy atom. The second-order valence-corrected chi connectivity index (χ2v) is 4.09. The molecule has 0 amide bonds. The van der Waals surface area contributed by atoms with Crippen molar-refractivity contribution in [3.05, 3.63) is 34.9 Å². The number of halogens is 1. The standard InChI is InChI=1S/C11H14ClNO/c1-11(2,13-3)10(14)8-6-4-5-7-9(8)12/h4-7,13H,1-3H3. The van der Waals surface area contributed by atoms with Crippen LogP contribution in [-0.2, 0) is 0 Å². The van der Waals surface area contributed by atoms with Crippen molar-refractivity contribution in [3.8, 4) is 0 Å². The molecule has 0 aromatic heterocycles. The summed E-state index contributed by atoms with van der Waals surface area (Å²) in [7, 11) is 1.76. The van der Waals surface area contributed by atoms with E-state index in [0.717, 1.165) is 0 Å². The molecule has 1 aromatic rings. The van der Waals surface area contributed by atoms with E-state index in [2.05, 4.69) is 5.32 Å². The molecule has 14 heavy (non-hydrogen) atoms. The zero-order valence-electron chi connectivity index (χ0n) is 8.60. The molecule has 76 valence electrons. The Morgan fingerprint density at radius 3 is 2.43 bits per heavy atom. The summed E-state index contributed by atoms with van der Waals surface area (Å²) < 4.78 is 0. The second-order valence-electron chi connectivity index (χ2n) is 3.68. The largest absolute Gasteiger partial charge is 0.308 e. The number of hydrogen-bond acceptors (Lipinski definition) is 2. The summed E-state index contributed by atoms with van der Waals surface area (Å²) in [6, 6.07) is 7.08. The van der Waals surface area contributed by atoms with Crippen molar-refractivity contribution in [1.29, 1.82) is 0 Å². The van der Waals surface area contributed by atoms with E-state index in [0.29, 0.717) is 10.6 Å². The maximum Gasteiger partial charge on any atom is 0.183 e. The fourth-order valence-electron chi connectivity index (χ4n) is 1.10. The summed E-state index contributed by atoms with van der Waals surface area (Å²) >= 11 is 5.93. The van der Waals surface area contributed by atoms with Crippen molar-refractivity contribution in [3.63, 3.8) is 0 Å². The number of benzene rings is 1. The van der Waals surface area contributed by atoms with E-state index >= 15 is 0 Å². The molecule has 0 saturated carbocycles. The summed E-state index contributed by atoms with van der Waals surface area (Å²) in [5.74, 6) is 0.00519. The Bertz CT molecular complexity index is 347. The lowest BCUT2D eigenvalue weighted by Gasteiger charge is -2.22. The van der Waals surface area contributed by atoms with Gasteiger partial charge >= 0.3 is 0 Å². The van der Waals surface area contributed by atoms with E-state index in [9.17, 15) is 4.79 Å². The SMILES string of the molecule is CNC(C)(C)C(=O)c1ccccc1Cl. The molecule has 0 heterocycles. The van der Waals surface area contributed by atoms with Gasteiger partial charge in [-0.15, -0.1) is 0 Å². The number of ketones is 1. The monoisotopic (exact) mass is 211 g/mol. The van der Waals surface area contributed by atoms with Crippen LogP contribution in [0.25, 0.3) is 0 Å². The second kappa shape index (κ2) is 4.11. The Labute approximate surface area is 89.3 Å². The molecular formula is C11H14ClNO. The number of likely N-dealkylation sites (N-methyl/N-ethyl adjacent to an activating group) is 1. The Balaban J connectivity index is 3.07. The molecule has 0 atom stereocenters. The fraction of sp³-hybridized carbons (Fsp3) is 0.364. The van der Waals surface area contributed by atoms with Gasteiger partial charge in [-0.2, -0.15) is 0 Å². The lowest BCUT2D eigenvalue weighted by atomic mass is 9.93. The molecule has 0 aliphatic rings. The van der Waals surface area contributed by atoms with Crippen molar-refractivity contribution in [2.24, 2.45) is 0 Å². The highest BCUT2D eigenvalue weighted by molar-refractivity contribution is 6.34. The van der Waals surface area contributed by atoms with Gasteiger partial charge in [0, 0.05) is 5.56 Å². The normalized spacial score (nSPS) is 11.4. The number of carbonyl (C=O) groups excluding carboxylic acids is 1. The molecule has 0 aliphatic carbocycles. The first-order valence-corrected chi connectivity index (χ1v) is 4.85. The molecular weight excluding hydrogens is 198 g/mol. The van der Waals surface area contributed by atoms with Crippen molar-refractivity contribution in [1.82, 2.24) is 5.32 Å². The van der Waals surface area contributed by atoms with Gasteiger partial charge in [-0.1, -0.05) is 23.7 Å². The molecule has 0 aliphatic heterocycles. The summed E-state index contributed by atoms with van der Waals surface area (Å²) in [6.45, 7) is 3.66. The summed E-state index contributed by atoms with van der Waals surface area (Å²) in [5, 5.41) is 3.46. The van der Waals surface area contributed by atoms with Crippen LogP contribution in [0.2, 0.25) is 5.02 Å². The number of hydrogen-bond donors (Lipinski definition) is 1. The van der Waals surface area contributed by atoms with Crippen LogP contribution in [0.5, 0.6) is 0 Å². The summed E-state index contributed by atoms with van der Waals surface area (Å²) in [4.78, 5) is 12.0. The zero-order chi connectivity index (χ0) is 10.8. The van der Waals surface area contributed by atoms with Crippen molar-refractivity contribution in [2.75, 3.05) is 7.05 Å². The van der Waals surface area contributed by atoms with E-state index in [1.54, 1.807) is 19.2 Å². The minimum absolute atomic E-state index is 0.00519. The van der Waals surface area contributed by atoms with Crippen LogP contribution in [-0.4, -0.2) is 18.4 Å². The summed E-state index contributed by atoms with van der Waals surface area (Å²) in [6.07, 6.45) is 0. The highest BCUT2D eigenvalue weighted by atomic mass is 35.5. The lowest BCUT2D eigenvalue weighted by Crippen LogP contribution is -2.44. The summed E-state index contributed by atoms with van der Waals surface area (Å²) in [5.41, 5.74) is -0.0149. The average Bonchev–Trinajstić information content (AvgIpc) is 2.17.